The zero-order valence-electron chi connectivity index (χ0n) is 10.6. The van der Waals surface area contributed by atoms with Crippen LogP contribution in [0.2, 0.25) is 0 Å². The van der Waals surface area contributed by atoms with Crippen molar-refractivity contribution in [2.45, 2.75) is 44.5 Å². The molecule has 1 saturated carbocycles. The summed E-state index contributed by atoms with van der Waals surface area (Å²) in [7, 11) is 1.59. The van der Waals surface area contributed by atoms with Gasteiger partial charge in [0.15, 0.2) is 0 Å². The van der Waals surface area contributed by atoms with Crippen molar-refractivity contribution in [2.24, 2.45) is 0 Å². The summed E-state index contributed by atoms with van der Waals surface area (Å²) in [5.41, 5.74) is 0.687. The van der Waals surface area contributed by atoms with E-state index in [4.69, 9.17) is 9.47 Å². The van der Waals surface area contributed by atoms with E-state index in [1.165, 1.54) is 0 Å². The van der Waals surface area contributed by atoms with E-state index in [1.807, 2.05) is 0 Å². The van der Waals surface area contributed by atoms with Crippen molar-refractivity contribution in [1.82, 2.24) is 0 Å². The lowest BCUT2D eigenvalue weighted by atomic mass is 9.95. The normalized spacial score (nSPS) is 23.7. The third-order valence-electron chi connectivity index (χ3n) is 3.38. The van der Waals surface area contributed by atoms with E-state index in [2.05, 4.69) is 0 Å². The third-order valence-corrected chi connectivity index (χ3v) is 3.38. The zero-order chi connectivity index (χ0) is 13.0. The molecule has 100 valence electrons. The molecule has 0 aliphatic heterocycles. The smallest absolute Gasteiger partial charge is 0.125 e. The number of aliphatic hydroxyl groups is 2. The van der Waals surface area contributed by atoms with Crippen LogP contribution in [0.15, 0.2) is 18.2 Å². The summed E-state index contributed by atoms with van der Waals surface area (Å²) in [5, 5.41) is 19.2. The second kappa shape index (κ2) is 6.07. The molecule has 4 heteroatoms. The molecule has 18 heavy (non-hydrogen) atoms. The zero-order valence-corrected chi connectivity index (χ0v) is 10.6. The molecular formula is C14H20O4. The average Bonchev–Trinajstić information content (AvgIpc) is 2.41. The fourth-order valence-corrected chi connectivity index (χ4v) is 2.30. The molecular weight excluding hydrogens is 232 g/mol. The molecule has 1 aromatic carbocycles. The molecule has 2 unspecified atom stereocenters. The number of methoxy groups -OCH3 is 1. The van der Waals surface area contributed by atoms with E-state index in [9.17, 15) is 10.2 Å². The minimum atomic E-state index is -0.410. The highest BCUT2D eigenvalue weighted by molar-refractivity contribution is 5.40. The van der Waals surface area contributed by atoms with E-state index in [0.717, 1.165) is 25.7 Å². The summed E-state index contributed by atoms with van der Waals surface area (Å²) in [4.78, 5) is 0. The number of benzene rings is 1. The van der Waals surface area contributed by atoms with Gasteiger partial charge in [0.1, 0.15) is 17.6 Å². The van der Waals surface area contributed by atoms with Crippen LogP contribution in [0.25, 0.3) is 0 Å². The van der Waals surface area contributed by atoms with Crippen LogP contribution in [0.5, 0.6) is 11.5 Å². The number of rotatable bonds is 4. The predicted molar refractivity (Wildman–Crippen MR) is 67.8 cm³/mol. The maximum Gasteiger partial charge on any atom is 0.125 e. The van der Waals surface area contributed by atoms with Gasteiger partial charge < -0.3 is 19.7 Å². The van der Waals surface area contributed by atoms with Crippen molar-refractivity contribution >= 4 is 0 Å². The Bertz CT molecular complexity index is 391. The first-order valence-corrected chi connectivity index (χ1v) is 6.37. The van der Waals surface area contributed by atoms with Gasteiger partial charge in [-0.25, -0.2) is 0 Å². The lowest BCUT2D eigenvalue weighted by Crippen LogP contribution is -2.34. The molecule has 1 aliphatic carbocycles. The highest BCUT2D eigenvalue weighted by atomic mass is 16.5. The number of hydrogen-bond donors (Lipinski definition) is 2. The standard InChI is InChI=1S/C14H20O4/c1-17-11-6-7-13(10(8-11)9-15)18-14-5-3-2-4-12(14)16/h6-8,12,14-16H,2-5,9H2,1H3. The van der Waals surface area contributed by atoms with Gasteiger partial charge in [-0.2, -0.15) is 0 Å². The molecule has 0 spiro atoms. The van der Waals surface area contributed by atoms with Gasteiger partial charge in [-0.15, -0.1) is 0 Å². The molecule has 2 N–H and O–H groups in total. The topological polar surface area (TPSA) is 58.9 Å². The molecule has 1 aliphatic rings. The van der Waals surface area contributed by atoms with E-state index < -0.39 is 6.10 Å². The van der Waals surface area contributed by atoms with E-state index >= 15 is 0 Å². The second-order valence-corrected chi connectivity index (χ2v) is 4.64. The molecule has 1 aromatic rings. The van der Waals surface area contributed by atoms with Crippen molar-refractivity contribution < 1.29 is 19.7 Å². The number of hydrogen-bond acceptors (Lipinski definition) is 4. The molecule has 2 atom stereocenters. The van der Waals surface area contributed by atoms with Crippen LogP contribution in [0.1, 0.15) is 31.2 Å². The van der Waals surface area contributed by atoms with Gasteiger partial charge in [0.2, 0.25) is 0 Å². The first kappa shape index (κ1) is 13.2. The highest BCUT2D eigenvalue weighted by Gasteiger charge is 2.25. The van der Waals surface area contributed by atoms with Gasteiger partial charge in [-0.05, 0) is 37.5 Å². The summed E-state index contributed by atoms with van der Waals surface area (Å²) in [6, 6.07) is 5.33. The van der Waals surface area contributed by atoms with Gasteiger partial charge in [0, 0.05) is 5.56 Å². The van der Waals surface area contributed by atoms with Gasteiger partial charge in [-0.1, -0.05) is 6.42 Å². The minimum absolute atomic E-state index is 0.102. The summed E-state index contributed by atoms with van der Waals surface area (Å²) in [6.07, 6.45) is 3.20. The Balaban J connectivity index is 2.12. The minimum Gasteiger partial charge on any atom is -0.497 e. The second-order valence-electron chi connectivity index (χ2n) is 4.64. The Morgan fingerprint density at radius 3 is 2.72 bits per heavy atom. The van der Waals surface area contributed by atoms with E-state index in [1.54, 1.807) is 25.3 Å². The SMILES string of the molecule is COc1ccc(OC2CCCCC2O)c(CO)c1. The molecule has 0 amide bonds. The van der Waals surface area contributed by atoms with Crippen molar-refractivity contribution in [3.63, 3.8) is 0 Å². The molecule has 4 nitrogen and oxygen atoms in total. The van der Waals surface area contributed by atoms with E-state index in [-0.39, 0.29) is 12.7 Å². The van der Waals surface area contributed by atoms with Crippen LogP contribution < -0.4 is 9.47 Å². The first-order chi connectivity index (χ1) is 8.74. The largest absolute Gasteiger partial charge is 0.497 e. The highest BCUT2D eigenvalue weighted by Crippen LogP contribution is 2.29. The van der Waals surface area contributed by atoms with E-state index in [0.29, 0.717) is 17.1 Å². The molecule has 1 fully saturated rings. The van der Waals surface area contributed by atoms with Crippen LogP contribution in [-0.4, -0.2) is 29.5 Å². The number of aliphatic hydroxyl groups excluding tert-OH is 2. The Hall–Kier alpha value is -1.26. The Morgan fingerprint density at radius 1 is 1.28 bits per heavy atom. The van der Waals surface area contributed by atoms with Crippen LogP contribution in [0.4, 0.5) is 0 Å². The van der Waals surface area contributed by atoms with Crippen molar-refractivity contribution in [3.8, 4) is 11.5 Å². The molecule has 2 rings (SSSR count). The Morgan fingerprint density at radius 2 is 2.06 bits per heavy atom. The van der Waals surface area contributed by atoms with Crippen LogP contribution in [0, 0.1) is 0 Å². The monoisotopic (exact) mass is 252 g/mol. The Kier molecular flexibility index (Phi) is 4.44. The molecule has 0 heterocycles. The average molecular weight is 252 g/mol. The fourth-order valence-electron chi connectivity index (χ4n) is 2.30. The van der Waals surface area contributed by atoms with Crippen LogP contribution in [0.3, 0.4) is 0 Å². The lowest BCUT2D eigenvalue weighted by molar-refractivity contribution is 0.00584. The predicted octanol–water partition coefficient (Wildman–Crippen LogP) is 1.87. The van der Waals surface area contributed by atoms with Crippen molar-refractivity contribution in [3.05, 3.63) is 23.8 Å². The Labute approximate surface area is 107 Å². The number of ether oxygens (including phenoxy) is 2. The van der Waals surface area contributed by atoms with Crippen molar-refractivity contribution in [1.29, 1.82) is 0 Å². The summed E-state index contributed by atoms with van der Waals surface area (Å²) < 4.78 is 10.9. The molecule has 0 radical (unpaired) electrons. The van der Waals surface area contributed by atoms with Crippen molar-refractivity contribution in [2.75, 3.05) is 7.11 Å². The van der Waals surface area contributed by atoms with Gasteiger partial charge in [0.05, 0.1) is 19.8 Å². The summed E-state index contributed by atoms with van der Waals surface area (Å²) in [5.74, 6) is 1.32. The maximum atomic E-state index is 9.88. The molecule has 0 aromatic heterocycles. The summed E-state index contributed by atoms with van der Waals surface area (Å²) >= 11 is 0. The van der Waals surface area contributed by atoms with Crippen LogP contribution in [-0.2, 0) is 6.61 Å². The van der Waals surface area contributed by atoms with Gasteiger partial charge >= 0.3 is 0 Å². The maximum absolute atomic E-state index is 9.88. The van der Waals surface area contributed by atoms with Crippen LogP contribution >= 0.6 is 0 Å². The summed E-state index contributed by atoms with van der Waals surface area (Å²) in [6.45, 7) is -0.102. The molecule has 0 bridgehead atoms. The fraction of sp³-hybridized carbons (Fsp3) is 0.571. The third kappa shape index (κ3) is 2.94. The quantitative estimate of drug-likeness (QED) is 0.859. The molecule has 0 saturated heterocycles. The lowest BCUT2D eigenvalue weighted by Gasteiger charge is -2.29. The van der Waals surface area contributed by atoms with Gasteiger partial charge in [0.25, 0.3) is 0 Å². The van der Waals surface area contributed by atoms with Gasteiger partial charge in [-0.3, -0.25) is 0 Å². The first-order valence-electron chi connectivity index (χ1n) is 6.37.